The van der Waals surface area contributed by atoms with E-state index in [-0.39, 0.29) is 24.0 Å². The molecule has 0 aliphatic carbocycles. The number of unbranched alkanes of at least 4 members (excludes halogenated alkanes) is 3. The van der Waals surface area contributed by atoms with Crippen molar-refractivity contribution in [2.45, 2.75) is 45.6 Å². The number of guanidine groups is 1. The van der Waals surface area contributed by atoms with Crippen molar-refractivity contribution in [2.75, 3.05) is 20.8 Å². The Morgan fingerprint density at radius 3 is 2.60 bits per heavy atom. The van der Waals surface area contributed by atoms with Crippen LogP contribution in [0.4, 0.5) is 0 Å². The number of benzene rings is 1. The van der Waals surface area contributed by atoms with Crippen molar-refractivity contribution in [2.24, 2.45) is 10.7 Å². The van der Waals surface area contributed by atoms with Gasteiger partial charge in [0.2, 0.25) is 0 Å². The molecule has 1 rings (SSSR count). The van der Waals surface area contributed by atoms with Gasteiger partial charge in [-0.2, -0.15) is 0 Å². The number of nitrogens with two attached hydrogens (primary N) is 1. The number of hydrogen-bond acceptors (Lipinski definition) is 3. The summed E-state index contributed by atoms with van der Waals surface area (Å²) in [7, 11) is 3.28. The Balaban J connectivity index is 0.00000576. The lowest BCUT2D eigenvalue weighted by atomic mass is 10.1. The predicted molar refractivity (Wildman–Crippen MR) is 116 cm³/mol. The first-order valence-corrected chi connectivity index (χ1v) is 8.54. The standard InChI is InChI=1S/C19H31N3O2.HI/c1-5-7-8-9-11-21-19(20)22-14-15-12-16(10-6-2)18(24-4)17(13-15)23-3;/h6,12-13H,2,5,7-11,14H2,1,3-4H3,(H3,20,21,22);1H. The molecule has 0 heterocycles. The van der Waals surface area contributed by atoms with E-state index < -0.39 is 0 Å². The minimum Gasteiger partial charge on any atom is -0.493 e. The Kier molecular flexibility index (Phi) is 13.0. The van der Waals surface area contributed by atoms with Crippen LogP contribution in [0.2, 0.25) is 0 Å². The van der Waals surface area contributed by atoms with E-state index >= 15 is 0 Å². The number of hydrogen-bond donors (Lipinski definition) is 2. The zero-order valence-electron chi connectivity index (χ0n) is 15.6. The lowest BCUT2D eigenvalue weighted by Gasteiger charge is -2.14. The molecule has 1 aromatic carbocycles. The van der Waals surface area contributed by atoms with Gasteiger partial charge in [-0.25, -0.2) is 4.99 Å². The molecule has 0 bridgehead atoms. The molecule has 0 aliphatic heterocycles. The van der Waals surface area contributed by atoms with Gasteiger partial charge in [-0.3, -0.25) is 0 Å². The molecule has 0 saturated heterocycles. The van der Waals surface area contributed by atoms with E-state index in [4.69, 9.17) is 15.2 Å². The largest absolute Gasteiger partial charge is 0.493 e. The molecule has 0 spiro atoms. The Hall–Kier alpha value is -1.44. The first kappa shape index (κ1) is 23.6. The van der Waals surface area contributed by atoms with Gasteiger partial charge in [-0.15, -0.1) is 30.6 Å². The van der Waals surface area contributed by atoms with Gasteiger partial charge in [0.05, 0.1) is 20.8 Å². The highest BCUT2D eigenvalue weighted by atomic mass is 127. The molecular formula is C19H32IN3O2. The number of ether oxygens (including phenoxy) is 2. The van der Waals surface area contributed by atoms with E-state index in [2.05, 4.69) is 29.9 Å². The minimum absolute atomic E-state index is 0. The molecule has 3 N–H and O–H groups in total. The lowest BCUT2D eigenvalue weighted by molar-refractivity contribution is 0.352. The molecule has 0 saturated carbocycles. The number of methoxy groups -OCH3 is 2. The van der Waals surface area contributed by atoms with Crippen LogP contribution in [0.15, 0.2) is 29.8 Å². The molecule has 5 nitrogen and oxygen atoms in total. The summed E-state index contributed by atoms with van der Waals surface area (Å²) < 4.78 is 10.9. The third kappa shape index (κ3) is 8.47. The van der Waals surface area contributed by atoms with Gasteiger partial charge in [0.25, 0.3) is 0 Å². The first-order valence-electron chi connectivity index (χ1n) is 8.54. The second-order valence-corrected chi connectivity index (χ2v) is 5.67. The summed E-state index contributed by atoms with van der Waals surface area (Å²) in [5.41, 5.74) is 7.99. The normalized spacial score (nSPS) is 10.8. The van der Waals surface area contributed by atoms with Gasteiger partial charge in [0.1, 0.15) is 0 Å². The predicted octanol–water partition coefficient (Wildman–Crippen LogP) is 4.03. The Morgan fingerprint density at radius 2 is 2.00 bits per heavy atom. The number of allylic oxidation sites excluding steroid dienone is 1. The number of rotatable bonds is 11. The van der Waals surface area contributed by atoms with Gasteiger partial charge in [0, 0.05) is 12.1 Å². The zero-order valence-corrected chi connectivity index (χ0v) is 18.0. The Labute approximate surface area is 169 Å². The van der Waals surface area contributed by atoms with Crippen molar-refractivity contribution in [3.8, 4) is 11.5 Å². The summed E-state index contributed by atoms with van der Waals surface area (Å²) in [6, 6.07) is 3.99. The molecule has 25 heavy (non-hydrogen) atoms. The van der Waals surface area contributed by atoms with Gasteiger partial charge in [0.15, 0.2) is 17.5 Å². The minimum atomic E-state index is 0. The van der Waals surface area contributed by atoms with E-state index in [0.29, 0.717) is 24.7 Å². The molecule has 6 heteroatoms. The molecule has 0 fully saturated rings. The highest BCUT2D eigenvalue weighted by Crippen LogP contribution is 2.33. The number of aliphatic imine (C=N–C) groups is 1. The van der Waals surface area contributed by atoms with E-state index in [1.54, 1.807) is 14.2 Å². The Bertz CT molecular complexity index is 548. The summed E-state index contributed by atoms with van der Waals surface area (Å²) in [6.07, 6.45) is 7.38. The van der Waals surface area contributed by atoms with Gasteiger partial charge in [-0.1, -0.05) is 32.3 Å². The van der Waals surface area contributed by atoms with Crippen LogP contribution in [0.1, 0.15) is 43.7 Å². The fourth-order valence-corrected chi connectivity index (χ4v) is 2.51. The highest BCUT2D eigenvalue weighted by Gasteiger charge is 2.11. The maximum Gasteiger partial charge on any atom is 0.188 e. The maximum absolute atomic E-state index is 5.93. The zero-order chi connectivity index (χ0) is 17.8. The van der Waals surface area contributed by atoms with E-state index in [1.807, 2.05) is 12.1 Å². The molecule has 0 atom stereocenters. The van der Waals surface area contributed by atoms with Crippen molar-refractivity contribution in [1.29, 1.82) is 0 Å². The van der Waals surface area contributed by atoms with Crippen LogP contribution in [0.25, 0.3) is 0 Å². The SMILES string of the molecule is C=CCc1cc(CN=C(N)NCCCCCC)cc(OC)c1OC.I. The lowest BCUT2D eigenvalue weighted by Crippen LogP contribution is -2.32. The number of halogens is 1. The number of nitrogens with one attached hydrogen (secondary N) is 1. The third-order valence-electron chi connectivity index (χ3n) is 3.75. The monoisotopic (exact) mass is 461 g/mol. The van der Waals surface area contributed by atoms with Crippen molar-refractivity contribution < 1.29 is 9.47 Å². The van der Waals surface area contributed by atoms with Gasteiger partial charge < -0.3 is 20.5 Å². The van der Waals surface area contributed by atoms with Crippen LogP contribution in [-0.2, 0) is 13.0 Å². The van der Waals surface area contributed by atoms with Crippen molar-refractivity contribution >= 4 is 29.9 Å². The van der Waals surface area contributed by atoms with Crippen LogP contribution < -0.4 is 20.5 Å². The second kappa shape index (κ2) is 13.8. The average Bonchev–Trinajstić information content (AvgIpc) is 2.59. The van der Waals surface area contributed by atoms with E-state index in [9.17, 15) is 0 Å². The molecule has 0 unspecified atom stereocenters. The quantitative estimate of drug-likeness (QED) is 0.172. The molecule has 1 aromatic rings. The fourth-order valence-electron chi connectivity index (χ4n) is 2.51. The Morgan fingerprint density at radius 1 is 1.24 bits per heavy atom. The van der Waals surface area contributed by atoms with E-state index in [1.165, 1.54) is 19.3 Å². The van der Waals surface area contributed by atoms with Crippen molar-refractivity contribution in [1.82, 2.24) is 5.32 Å². The average molecular weight is 461 g/mol. The molecule has 0 amide bonds. The smallest absolute Gasteiger partial charge is 0.188 e. The molecule has 0 aliphatic rings. The molecule has 142 valence electrons. The molecule has 0 aromatic heterocycles. The van der Waals surface area contributed by atoms with Crippen LogP contribution in [-0.4, -0.2) is 26.7 Å². The third-order valence-corrected chi connectivity index (χ3v) is 3.75. The van der Waals surface area contributed by atoms with Crippen LogP contribution >= 0.6 is 24.0 Å². The summed E-state index contributed by atoms with van der Waals surface area (Å²) in [5, 5.41) is 3.16. The highest BCUT2D eigenvalue weighted by molar-refractivity contribution is 14.0. The summed E-state index contributed by atoms with van der Waals surface area (Å²) >= 11 is 0. The van der Waals surface area contributed by atoms with E-state index in [0.717, 1.165) is 29.8 Å². The maximum atomic E-state index is 5.93. The van der Waals surface area contributed by atoms with Gasteiger partial charge in [-0.05, 0) is 30.5 Å². The molecular weight excluding hydrogens is 429 g/mol. The topological polar surface area (TPSA) is 68.9 Å². The second-order valence-electron chi connectivity index (χ2n) is 5.67. The van der Waals surface area contributed by atoms with Crippen LogP contribution in [0.5, 0.6) is 11.5 Å². The summed E-state index contributed by atoms with van der Waals surface area (Å²) in [5.74, 6) is 1.92. The van der Waals surface area contributed by atoms with Crippen molar-refractivity contribution in [3.63, 3.8) is 0 Å². The van der Waals surface area contributed by atoms with Gasteiger partial charge >= 0.3 is 0 Å². The number of nitrogens with zero attached hydrogens (tertiary/aromatic N) is 1. The molecule has 0 radical (unpaired) electrons. The summed E-state index contributed by atoms with van der Waals surface area (Å²) in [6.45, 7) is 7.36. The van der Waals surface area contributed by atoms with Crippen molar-refractivity contribution in [3.05, 3.63) is 35.9 Å². The van der Waals surface area contributed by atoms with Crippen LogP contribution in [0, 0.1) is 0 Å². The fraction of sp³-hybridized carbons (Fsp3) is 0.526. The van der Waals surface area contributed by atoms with Crippen LogP contribution in [0.3, 0.4) is 0 Å². The first-order chi connectivity index (χ1) is 11.7. The summed E-state index contributed by atoms with van der Waals surface area (Å²) in [4.78, 5) is 4.41.